The average molecular weight is 380 g/mol. The maximum atomic E-state index is 12.4. The summed E-state index contributed by atoms with van der Waals surface area (Å²) in [6.45, 7) is 0. The van der Waals surface area contributed by atoms with E-state index in [2.05, 4.69) is 16.3 Å². The highest BCUT2D eigenvalue weighted by atomic mass is 35.5. The van der Waals surface area contributed by atoms with Gasteiger partial charge < -0.3 is 9.15 Å². The molecule has 0 bridgehead atoms. The van der Waals surface area contributed by atoms with Crippen molar-refractivity contribution in [2.45, 2.75) is 11.3 Å². The van der Waals surface area contributed by atoms with Gasteiger partial charge in [0.1, 0.15) is 0 Å². The van der Waals surface area contributed by atoms with Gasteiger partial charge in [0.05, 0.1) is 19.1 Å². The SMILES string of the molecule is COC(=O)[C@@H]1[C@@H](c2ccc(Cl)cc2)[C@@]1(C#N)c1nnc(-c2ccccc2)o1. The first-order chi connectivity index (χ1) is 13.1. The fraction of sp³-hybridized carbons (Fsp3) is 0.200. The molecule has 0 aliphatic heterocycles. The molecule has 134 valence electrons. The van der Waals surface area contributed by atoms with Gasteiger partial charge in [-0.25, -0.2) is 0 Å². The monoisotopic (exact) mass is 379 g/mol. The van der Waals surface area contributed by atoms with E-state index in [0.29, 0.717) is 10.9 Å². The molecular formula is C20H14ClN3O3. The molecule has 4 rings (SSSR count). The molecular weight excluding hydrogens is 366 g/mol. The number of ether oxygens (including phenoxy) is 1. The molecule has 1 saturated carbocycles. The minimum absolute atomic E-state index is 0.110. The molecule has 1 aromatic heterocycles. The molecule has 1 aliphatic rings. The highest BCUT2D eigenvalue weighted by molar-refractivity contribution is 6.30. The van der Waals surface area contributed by atoms with Crippen LogP contribution in [0, 0.1) is 17.2 Å². The molecule has 1 fully saturated rings. The van der Waals surface area contributed by atoms with Crippen molar-refractivity contribution < 1.29 is 13.9 Å². The first-order valence-electron chi connectivity index (χ1n) is 8.25. The predicted octanol–water partition coefficient (Wildman–Crippen LogP) is 3.74. The van der Waals surface area contributed by atoms with Crippen molar-refractivity contribution in [2.24, 2.45) is 5.92 Å². The largest absolute Gasteiger partial charge is 0.469 e. The van der Waals surface area contributed by atoms with Gasteiger partial charge in [-0.1, -0.05) is 41.9 Å². The number of esters is 1. The Hall–Kier alpha value is -3.17. The van der Waals surface area contributed by atoms with E-state index in [4.69, 9.17) is 20.8 Å². The van der Waals surface area contributed by atoms with Crippen molar-refractivity contribution in [1.82, 2.24) is 10.2 Å². The van der Waals surface area contributed by atoms with Crippen molar-refractivity contribution in [2.75, 3.05) is 7.11 Å². The van der Waals surface area contributed by atoms with Crippen LogP contribution in [-0.2, 0) is 14.9 Å². The van der Waals surface area contributed by atoms with E-state index in [1.807, 2.05) is 30.3 Å². The van der Waals surface area contributed by atoms with E-state index in [-0.39, 0.29) is 5.89 Å². The number of hydrogen-bond acceptors (Lipinski definition) is 6. The number of aromatic nitrogens is 2. The lowest BCUT2D eigenvalue weighted by atomic mass is 10.0. The molecule has 7 heteroatoms. The second kappa shape index (κ2) is 6.53. The second-order valence-electron chi connectivity index (χ2n) is 6.29. The van der Waals surface area contributed by atoms with Gasteiger partial charge in [-0.15, -0.1) is 10.2 Å². The minimum atomic E-state index is -1.26. The smallest absolute Gasteiger partial charge is 0.311 e. The molecule has 0 radical (unpaired) electrons. The van der Waals surface area contributed by atoms with Gasteiger partial charge in [-0.3, -0.25) is 4.79 Å². The molecule has 0 unspecified atom stereocenters. The van der Waals surface area contributed by atoms with E-state index in [1.165, 1.54) is 7.11 Å². The van der Waals surface area contributed by atoms with Crippen LogP contribution in [0.5, 0.6) is 0 Å². The summed E-state index contributed by atoms with van der Waals surface area (Å²) in [4.78, 5) is 12.4. The number of hydrogen-bond donors (Lipinski definition) is 0. The van der Waals surface area contributed by atoms with E-state index in [1.54, 1.807) is 24.3 Å². The summed E-state index contributed by atoms with van der Waals surface area (Å²) in [5.41, 5.74) is 0.263. The fourth-order valence-electron chi connectivity index (χ4n) is 3.50. The molecule has 27 heavy (non-hydrogen) atoms. The second-order valence-corrected chi connectivity index (χ2v) is 6.73. The average Bonchev–Trinajstić information content (AvgIpc) is 3.14. The maximum Gasteiger partial charge on any atom is 0.311 e. The fourth-order valence-corrected chi connectivity index (χ4v) is 3.63. The number of methoxy groups -OCH3 is 1. The summed E-state index contributed by atoms with van der Waals surface area (Å²) in [5, 5.41) is 18.7. The molecule has 1 heterocycles. The Labute approximate surface area is 160 Å². The van der Waals surface area contributed by atoms with Crippen LogP contribution < -0.4 is 0 Å². The molecule has 0 saturated heterocycles. The molecule has 1 aliphatic carbocycles. The van der Waals surface area contributed by atoms with Gasteiger partial charge in [0.25, 0.3) is 0 Å². The number of halogens is 1. The maximum absolute atomic E-state index is 12.4. The van der Waals surface area contributed by atoms with Crippen LogP contribution >= 0.6 is 11.6 Å². The van der Waals surface area contributed by atoms with Crippen LogP contribution in [0.4, 0.5) is 0 Å². The first-order valence-corrected chi connectivity index (χ1v) is 8.63. The Morgan fingerprint density at radius 1 is 1.19 bits per heavy atom. The van der Waals surface area contributed by atoms with Crippen LogP contribution in [0.25, 0.3) is 11.5 Å². The van der Waals surface area contributed by atoms with Gasteiger partial charge in [0.2, 0.25) is 11.8 Å². The van der Waals surface area contributed by atoms with Gasteiger partial charge in [0.15, 0.2) is 5.41 Å². The Morgan fingerprint density at radius 3 is 2.52 bits per heavy atom. The van der Waals surface area contributed by atoms with Crippen molar-refractivity contribution in [3.63, 3.8) is 0 Å². The summed E-state index contributed by atoms with van der Waals surface area (Å²) >= 11 is 5.96. The summed E-state index contributed by atoms with van der Waals surface area (Å²) in [6, 6.07) is 18.5. The number of benzene rings is 2. The quantitative estimate of drug-likeness (QED) is 0.641. The van der Waals surface area contributed by atoms with E-state index in [0.717, 1.165) is 11.1 Å². The highest BCUT2D eigenvalue weighted by Crippen LogP contribution is 2.65. The molecule has 6 nitrogen and oxygen atoms in total. The van der Waals surface area contributed by atoms with Crippen molar-refractivity contribution >= 4 is 17.6 Å². The van der Waals surface area contributed by atoms with E-state index < -0.39 is 23.2 Å². The van der Waals surface area contributed by atoms with Crippen molar-refractivity contribution in [1.29, 1.82) is 5.26 Å². The number of carbonyl (C=O) groups is 1. The lowest BCUT2D eigenvalue weighted by molar-refractivity contribution is -0.142. The highest BCUT2D eigenvalue weighted by Gasteiger charge is 2.74. The standard InChI is InChI=1S/C20H14ClN3O3/c1-26-18(25)16-15(12-7-9-14(21)10-8-12)20(16,11-22)19-24-23-17(27-19)13-5-3-2-4-6-13/h2-10,15-16H,1H3/t15-,16+,20-/m1/s1. The topological polar surface area (TPSA) is 89.0 Å². The van der Waals surface area contributed by atoms with E-state index in [9.17, 15) is 10.1 Å². The van der Waals surface area contributed by atoms with Crippen molar-refractivity contribution in [3.8, 4) is 17.5 Å². The van der Waals surface area contributed by atoms with Gasteiger partial charge in [-0.2, -0.15) is 5.26 Å². The third kappa shape index (κ3) is 2.68. The Bertz CT molecular complexity index is 1030. The lowest BCUT2D eigenvalue weighted by Crippen LogP contribution is -2.15. The van der Waals surface area contributed by atoms with Gasteiger partial charge in [-0.05, 0) is 29.8 Å². The van der Waals surface area contributed by atoms with Crippen LogP contribution in [0.1, 0.15) is 17.4 Å². The van der Waals surface area contributed by atoms with E-state index >= 15 is 0 Å². The molecule has 3 atom stereocenters. The minimum Gasteiger partial charge on any atom is -0.469 e. The molecule has 0 amide bonds. The summed E-state index contributed by atoms with van der Waals surface area (Å²) in [7, 11) is 1.30. The zero-order chi connectivity index (χ0) is 19.0. The first kappa shape index (κ1) is 17.3. The third-order valence-electron chi connectivity index (χ3n) is 4.87. The number of carbonyl (C=O) groups excluding carboxylic acids is 1. The molecule has 0 N–H and O–H groups in total. The number of nitriles is 1. The number of rotatable bonds is 4. The van der Waals surface area contributed by atoms with Crippen LogP contribution in [0.15, 0.2) is 59.0 Å². The van der Waals surface area contributed by atoms with Gasteiger partial charge in [0, 0.05) is 16.5 Å². The van der Waals surface area contributed by atoms with Crippen LogP contribution in [0.2, 0.25) is 5.02 Å². The Kier molecular flexibility index (Phi) is 4.17. The van der Waals surface area contributed by atoms with Crippen LogP contribution in [0.3, 0.4) is 0 Å². The summed E-state index contributed by atoms with van der Waals surface area (Å²) in [5.74, 6) is -1.25. The number of nitrogens with zero attached hydrogens (tertiary/aromatic N) is 3. The Balaban J connectivity index is 1.78. The predicted molar refractivity (Wildman–Crippen MR) is 96.7 cm³/mol. The zero-order valence-corrected chi connectivity index (χ0v) is 15.1. The van der Waals surface area contributed by atoms with Gasteiger partial charge >= 0.3 is 5.97 Å². The zero-order valence-electron chi connectivity index (χ0n) is 14.3. The molecule has 0 spiro atoms. The van der Waals surface area contributed by atoms with Crippen LogP contribution in [-0.4, -0.2) is 23.3 Å². The molecule has 3 aromatic rings. The third-order valence-corrected chi connectivity index (χ3v) is 5.13. The Morgan fingerprint density at radius 2 is 1.89 bits per heavy atom. The normalized spacial score (nSPS) is 23.4. The molecule has 2 aromatic carbocycles. The lowest BCUT2D eigenvalue weighted by Gasteiger charge is -2.03. The summed E-state index contributed by atoms with van der Waals surface area (Å²) < 4.78 is 10.7. The van der Waals surface area contributed by atoms with Crippen molar-refractivity contribution in [3.05, 3.63) is 71.1 Å². The summed E-state index contributed by atoms with van der Waals surface area (Å²) in [6.07, 6.45) is 0.